The number of hydrogen-bond acceptors (Lipinski definition) is 8. The summed E-state index contributed by atoms with van der Waals surface area (Å²) in [6.07, 6.45) is 1.49. The van der Waals surface area contributed by atoms with Crippen molar-refractivity contribution in [3.8, 4) is 0 Å². The molecule has 15 nitrogen and oxygen atoms in total. The quantitative estimate of drug-likeness (QED) is 0.117. The largest absolute Gasteiger partial charge is 0.481 e. The summed E-state index contributed by atoms with van der Waals surface area (Å²) in [5.74, 6) is -6.05. The van der Waals surface area contributed by atoms with E-state index in [2.05, 4.69) is 25.9 Å². The van der Waals surface area contributed by atoms with E-state index in [0.717, 1.165) is 0 Å². The number of imidazole rings is 1. The van der Waals surface area contributed by atoms with Crippen molar-refractivity contribution in [2.45, 2.75) is 70.1 Å². The number of aromatic amines is 1. The maximum atomic E-state index is 12.9. The minimum Gasteiger partial charge on any atom is -0.481 e. The molecule has 1 aromatic rings. The van der Waals surface area contributed by atoms with Crippen LogP contribution in [0.5, 0.6) is 0 Å². The molecule has 200 valence electrons. The van der Waals surface area contributed by atoms with Crippen LogP contribution >= 0.6 is 0 Å². The molecular formula is C21H33N7O8. The van der Waals surface area contributed by atoms with Crippen LogP contribution in [0.4, 0.5) is 0 Å². The fraction of sp³-hybridized carbons (Fsp3) is 0.571. The van der Waals surface area contributed by atoms with Crippen LogP contribution in [-0.4, -0.2) is 79.9 Å². The minimum absolute atomic E-state index is 0.0849. The summed E-state index contributed by atoms with van der Waals surface area (Å²) >= 11 is 0. The smallest absolute Gasteiger partial charge is 0.326 e. The number of carbonyl (C=O) groups is 6. The van der Waals surface area contributed by atoms with Crippen molar-refractivity contribution in [1.29, 1.82) is 0 Å². The standard InChI is InChI=1S/C21H33N7O8/c1-10(2)5-14(20(34)28-15(21(35)36)6-11-8-24-9-25-11)27-19(33)13(3-4-17(30)31)26-18(32)12(22)7-16(23)29/h8-10,12-15H,3-7,22H2,1-2H3,(H2,23,29)(H,24,25)(H,26,32)(H,27,33)(H,28,34)(H,30,31)(H,35,36). The van der Waals surface area contributed by atoms with Crippen molar-refractivity contribution in [2.75, 3.05) is 0 Å². The molecular weight excluding hydrogens is 478 g/mol. The van der Waals surface area contributed by atoms with E-state index in [0.29, 0.717) is 5.69 Å². The Morgan fingerprint density at radius 2 is 1.56 bits per heavy atom. The average Bonchev–Trinajstić information content (AvgIpc) is 3.27. The molecule has 0 fully saturated rings. The summed E-state index contributed by atoms with van der Waals surface area (Å²) in [6, 6.07) is -5.27. The van der Waals surface area contributed by atoms with E-state index in [9.17, 15) is 33.9 Å². The van der Waals surface area contributed by atoms with Crippen LogP contribution in [0.15, 0.2) is 12.5 Å². The first-order chi connectivity index (χ1) is 16.8. The van der Waals surface area contributed by atoms with Gasteiger partial charge in [0.25, 0.3) is 0 Å². The highest BCUT2D eigenvalue weighted by Gasteiger charge is 2.31. The normalized spacial score (nSPS) is 14.2. The van der Waals surface area contributed by atoms with Crippen LogP contribution in [0.25, 0.3) is 0 Å². The zero-order valence-corrected chi connectivity index (χ0v) is 20.0. The molecule has 0 aliphatic carbocycles. The number of carboxylic acid groups (broad SMARTS) is 2. The van der Waals surface area contributed by atoms with Crippen LogP contribution < -0.4 is 27.4 Å². The van der Waals surface area contributed by atoms with Gasteiger partial charge in [0, 0.05) is 24.7 Å². The summed E-state index contributed by atoms with van der Waals surface area (Å²) < 4.78 is 0. The number of H-pyrrole nitrogens is 1. The molecule has 1 heterocycles. The summed E-state index contributed by atoms with van der Waals surface area (Å²) in [5.41, 5.74) is 11.1. The maximum Gasteiger partial charge on any atom is 0.326 e. The number of nitrogens with two attached hydrogens (primary N) is 2. The second kappa shape index (κ2) is 14.4. The fourth-order valence-corrected chi connectivity index (χ4v) is 3.19. The summed E-state index contributed by atoms with van der Waals surface area (Å²) in [5, 5.41) is 25.6. The van der Waals surface area contributed by atoms with E-state index in [1.807, 2.05) is 0 Å². The molecule has 0 aromatic carbocycles. The van der Waals surface area contributed by atoms with Crippen molar-refractivity contribution in [1.82, 2.24) is 25.9 Å². The Morgan fingerprint density at radius 3 is 2.06 bits per heavy atom. The molecule has 1 rings (SSSR count). The molecule has 36 heavy (non-hydrogen) atoms. The van der Waals surface area contributed by atoms with E-state index in [4.69, 9.17) is 16.6 Å². The lowest BCUT2D eigenvalue weighted by Gasteiger charge is -2.26. The van der Waals surface area contributed by atoms with Crippen molar-refractivity contribution < 1.29 is 39.0 Å². The number of aromatic nitrogens is 2. The highest BCUT2D eigenvalue weighted by Crippen LogP contribution is 2.09. The highest BCUT2D eigenvalue weighted by molar-refractivity contribution is 5.95. The molecule has 0 radical (unpaired) electrons. The number of nitrogens with one attached hydrogen (secondary N) is 4. The third-order valence-electron chi connectivity index (χ3n) is 4.97. The molecule has 0 saturated heterocycles. The van der Waals surface area contributed by atoms with Gasteiger partial charge in [0.1, 0.15) is 18.1 Å². The number of aliphatic carboxylic acids is 2. The van der Waals surface area contributed by atoms with Crippen molar-refractivity contribution in [3.05, 3.63) is 18.2 Å². The van der Waals surface area contributed by atoms with Crippen molar-refractivity contribution in [3.63, 3.8) is 0 Å². The van der Waals surface area contributed by atoms with Gasteiger partial charge in [0.2, 0.25) is 23.6 Å². The van der Waals surface area contributed by atoms with E-state index >= 15 is 0 Å². The average molecular weight is 512 g/mol. The monoisotopic (exact) mass is 511 g/mol. The van der Waals surface area contributed by atoms with Gasteiger partial charge in [-0.2, -0.15) is 0 Å². The van der Waals surface area contributed by atoms with Crippen molar-refractivity contribution >= 4 is 35.6 Å². The number of carboxylic acids is 2. The van der Waals surface area contributed by atoms with Crippen LogP contribution in [-0.2, 0) is 35.2 Å². The predicted octanol–water partition coefficient (Wildman–Crippen LogP) is -2.40. The molecule has 1 aromatic heterocycles. The Balaban J connectivity index is 3.01. The minimum atomic E-state index is -1.39. The molecule has 4 atom stereocenters. The van der Waals surface area contributed by atoms with Crippen LogP contribution in [0.3, 0.4) is 0 Å². The Bertz CT molecular complexity index is 935. The first kappa shape index (κ1) is 30.0. The van der Waals surface area contributed by atoms with E-state index in [-0.39, 0.29) is 25.2 Å². The summed E-state index contributed by atoms with van der Waals surface area (Å²) in [7, 11) is 0. The third-order valence-corrected chi connectivity index (χ3v) is 4.97. The van der Waals surface area contributed by atoms with Crippen LogP contribution in [0.2, 0.25) is 0 Å². The zero-order chi connectivity index (χ0) is 27.4. The lowest BCUT2D eigenvalue weighted by molar-refractivity contribution is -0.142. The SMILES string of the molecule is CC(C)CC(NC(=O)C(CCC(=O)O)NC(=O)C(N)CC(N)=O)C(=O)NC(Cc1cnc[nH]1)C(=O)O. The lowest BCUT2D eigenvalue weighted by atomic mass is 10.0. The van der Waals surface area contributed by atoms with Gasteiger partial charge in [0.05, 0.1) is 18.8 Å². The van der Waals surface area contributed by atoms with Crippen LogP contribution in [0, 0.1) is 5.92 Å². The van der Waals surface area contributed by atoms with E-state index < -0.39 is 72.6 Å². The van der Waals surface area contributed by atoms with Gasteiger partial charge in [0.15, 0.2) is 0 Å². The van der Waals surface area contributed by atoms with Gasteiger partial charge >= 0.3 is 11.9 Å². The maximum absolute atomic E-state index is 12.9. The Kier molecular flexibility index (Phi) is 12.0. The number of carbonyl (C=O) groups excluding carboxylic acids is 4. The molecule has 0 aliphatic rings. The summed E-state index contributed by atoms with van der Waals surface area (Å²) in [4.78, 5) is 78.4. The number of primary amides is 1. The molecule has 10 N–H and O–H groups in total. The first-order valence-corrected chi connectivity index (χ1v) is 11.2. The predicted molar refractivity (Wildman–Crippen MR) is 124 cm³/mol. The van der Waals surface area contributed by atoms with E-state index in [1.165, 1.54) is 12.5 Å². The van der Waals surface area contributed by atoms with Gasteiger partial charge < -0.3 is 42.6 Å². The topological polar surface area (TPSA) is 260 Å². The van der Waals surface area contributed by atoms with Gasteiger partial charge in [-0.15, -0.1) is 0 Å². The van der Waals surface area contributed by atoms with Gasteiger partial charge in [-0.25, -0.2) is 9.78 Å². The second-order valence-electron chi connectivity index (χ2n) is 8.64. The van der Waals surface area contributed by atoms with Gasteiger partial charge in [-0.1, -0.05) is 13.8 Å². The van der Waals surface area contributed by atoms with Gasteiger partial charge in [-0.3, -0.25) is 24.0 Å². The number of amides is 4. The van der Waals surface area contributed by atoms with Gasteiger partial charge in [-0.05, 0) is 18.8 Å². The molecule has 0 spiro atoms. The Labute approximate surface area is 206 Å². The third kappa shape index (κ3) is 10.9. The van der Waals surface area contributed by atoms with Crippen LogP contribution in [0.1, 0.15) is 45.2 Å². The molecule has 0 bridgehead atoms. The zero-order valence-electron chi connectivity index (χ0n) is 20.0. The van der Waals surface area contributed by atoms with E-state index in [1.54, 1.807) is 13.8 Å². The number of hydrogen-bond donors (Lipinski definition) is 8. The molecule has 0 aliphatic heterocycles. The van der Waals surface area contributed by atoms with Crippen molar-refractivity contribution in [2.24, 2.45) is 17.4 Å². The Hall–Kier alpha value is -4.01. The fourth-order valence-electron chi connectivity index (χ4n) is 3.19. The number of rotatable bonds is 16. The second-order valence-corrected chi connectivity index (χ2v) is 8.64. The molecule has 4 unspecified atom stereocenters. The number of nitrogens with zero attached hydrogens (tertiary/aromatic N) is 1. The first-order valence-electron chi connectivity index (χ1n) is 11.2. The summed E-state index contributed by atoms with van der Waals surface area (Å²) in [6.45, 7) is 3.55. The molecule has 4 amide bonds. The molecule has 15 heteroatoms. The molecule has 0 saturated carbocycles. The Morgan fingerprint density at radius 1 is 0.972 bits per heavy atom. The highest BCUT2D eigenvalue weighted by atomic mass is 16.4. The lowest BCUT2D eigenvalue weighted by Crippen LogP contribution is -2.57.